The van der Waals surface area contributed by atoms with Gasteiger partial charge < -0.3 is 14.7 Å². The molecule has 1 aliphatic heterocycles. The largest absolute Gasteiger partial charge is 0.368 e. The quantitative estimate of drug-likeness (QED) is 0.796. The number of hydrogen-bond donors (Lipinski definition) is 0. The van der Waals surface area contributed by atoms with Crippen LogP contribution in [0.1, 0.15) is 18.9 Å². The second-order valence-electron chi connectivity index (χ2n) is 7.05. The van der Waals surface area contributed by atoms with Gasteiger partial charge in [-0.15, -0.1) is 0 Å². The summed E-state index contributed by atoms with van der Waals surface area (Å²) in [6.07, 6.45) is 0.296. The summed E-state index contributed by atoms with van der Waals surface area (Å²) in [6.45, 7) is 6.54. The van der Waals surface area contributed by atoms with Gasteiger partial charge in [0.1, 0.15) is 5.82 Å². The Morgan fingerprint density at radius 2 is 1.64 bits per heavy atom. The average Bonchev–Trinajstić information content (AvgIpc) is 2.70. The van der Waals surface area contributed by atoms with Crippen LogP contribution in [0.25, 0.3) is 0 Å². The molecule has 1 fully saturated rings. The monoisotopic (exact) mass is 383 g/mol. The van der Waals surface area contributed by atoms with Crippen LogP contribution in [0.15, 0.2) is 48.5 Å². The minimum Gasteiger partial charge on any atom is -0.368 e. The molecule has 0 atom stereocenters. The SMILES string of the molecule is CC(=O)N(CCC(=O)N1CCN(c2ccc(F)cc2)CC1)c1ccccc1C. The van der Waals surface area contributed by atoms with E-state index in [1.807, 2.05) is 36.1 Å². The van der Waals surface area contributed by atoms with Crippen molar-refractivity contribution in [3.05, 3.63) is 59.9 Å². The molecule has 0 bridgehead atoms. The van der Waals surface area contributed by atoms with Crippen molar-refractivity contribution < 1.29 is 14.0 Å². The molecule has 2 amide bonds. The third-order valence-electron chi connectivity index (χ3n) is 5.16. The molecular weight excluding hydrogens is 357 g/mol. The molecule has 2 aromatic carbocycles. The predicted molar refractivity (Wildman–Crippen MR) is 109 cm³/mol. The molecule has 6 heteroatoms. The Balaban J connectivity index is 1.54. The van der Waals surface area contributed by atoms with Crippen molar-refractivity contribution in [3.63, 3.8) is 0 Å². The number of hydrogen-bond acceptors (Lipinski definition) is 3. The van der Waals surface area contributed by atoms with E-state index in [9.17, 15) is 14.0 Å². The second kappa shape index (κ2) is 8.87. The maximum Gasteiger partial charge on any atom is 0.224 e. The fraction of sp³-hybridized carbons (Fsp3) is 0.364. The first kappa shape index (κ1) is 19.9. The minimum absolute atomic E-state index is 0.0543. The number of carbonyl (C=O) groups excluding carboxylic acids is 2. The van der Waals surface area contributed by atoms with E-state index in [1.165, 1.54) is 19.1 Å². The molecule has 5 nitrogen and oxygen atoms in total. The van der Waals surface area contributed by atoms with Gasteiger partial charge in [0.25, 0.3) is 0 Å². The smallest absolute Gasteiger partial charge is 0.224 e. The van der Waals surface area contributed by atoms with Gasteiger partial charge in [-0.3, -0.25) is 9.59 Å². The summed E-state index contributed by atoms with van der Waals surface area (Å²) < 4.78 is 13.1. The molecule has 0 N–H and O–H groups in total. The topological polar surface area (TPSA) is 43.9 Å². The highest BCUT2D eigenvalue weighted by Crippen LogP contribution is 2.21. The van der Waals surface area contributed by atoms with Gasteiger partial charge in [-0.05, 0) is 42.8 Å². The van der Waals surface area contributed by atoms with Crippen molar-refractivity contribution in [2.75, 3.05) is 42.5 Å². The summed E-state index contributed by atoms with van der Waals surface area (Å²) >= 11 is 0. The van der Waals surface area contributed by atoms with E-state index in [0.717, 1.165) is 16.9 Å². The molecule has 0 unspecified atom stereocenters. The maximum absolute atomic E-state index is 13.1. The summed E-state index contributed by atoms with van der Waals surface area (Å²) in [5.41, 5.74) is 2.83. The fourth-order valence-electron chi connectivity index (χ4n) is 3.55. The summed E-state index contributed by atoms with van der Waals surface area (Å²) in [7, 11) is 0. The number of benzene rings is 2. The Kier molecular flexibility index (Phi) is 6.29. The Morgan fingerprint density at radius 1 is 1.00 bits per heavy atom. The van der Waals surface area contributed by atoms with Crippen molar-refractivity contribution in [2.24, 2.45) is 0 Å². The van der Waals surface area contributed by atoms with Crippen LogP contribution in [-0.4, -0.2) is 49.4 Å². The molecule has 2 aromatic rings. The first-order chi connectivity index (χ1) is 13.5. The van der Waals surface area contributed by atoms with E-state index in [2.05, 4.69) is 4.90 Å². The lowest BCUT2D eigenvalue weighted by Gasteiger charge is -2.36. The van der Waals surface area contributed by atoms with Crippen molar-refractivity contribution in [1.82, 2.24) is 4.90 Å². The zero-order valence-electron chi connectivity index (χ0n) is 16.4. The standard InChI is InChI=1S/C22H26FN3O2/c1-17-5-3-4-6-21(17)26(18(2)27)12-11-22(28)25-15-13-24(14-16-25)20-9-7-19(23)8-10-20/h3-10H,11-16H2,1-2H3. The zero-order chi connectivity index (χ0) is 20.1. The van der Waals surface area contributed by atoms with Gasteiger partial charge in [0.05, 0.1) is 0 Å². The summed E-state index contributed by atoms with van der Waals surface area (Å²) in [5, 5.41) is 0. The van der Waals surface area contributed by atoms with Gasteiger partial charge in [-0.2, -0.15) is 0 Å². The van der Waals surface area contributed by atoms with Gasteiger partial charge >= 0.3 is 0 Å². The Bertz CT molecular complexity index is 830. The highest BCUT2D eigenvalue weighted by Gasteiger charge is 2.23. The van der Waals surface area contributed by atoms with Crippen LogP contribution in [0.4, 0.5) is 15.8 Å². The predicted octanol–water partition coefficient (Wildman–Crippen LogP) is 3.23. The van der Waals surface area contributed by atoms with Crippen LogP contribution in [0.5, 0.6) is 0 Å². The summed E-state index contributed by atoms with van der Waals surface area (Å²) in [5.74, 6) is -0.261. The molecule has 0 saturated carbocycles. The molecule has 3 rings (SSSR count). The lowest BCUT2D eigenvalue weighted by Crippen LogP contribution is -2.49. The van der Waals surface area contributed by atoms with Gasteiger partial charge in [-0.25, -0.2) is 4.39 Å². The molecule has 0 aliphatic carbocycles. The molecule has 1 aliphatic rings. The molecular formula is C22H26FN3O2. The fourth-order valence-corrected chi connectivity index (χ4v) is 3.55. The number of halogens is 1. The molecule has 0 radical (unpaired) electrons. The highest BCUT2D eigenvalue weighted by atomic mass is 19.1. The molecule has 1 saturated heterocycles. The van der Waals surface area contributed by atoms with Crippen molar-refractivity contribution in [3.8, 4) is 0 Å². The van der Waals surface area contributed by atoms with E-state index in [4.69, 9.17) is 0 Å². The lowest BCUT2D eigenvalue weighted by atomic mass is 10.1. The van der Waals surface area contributed by atoms with E-state index in [-0.39, 0.29) is 17.6 Å². The first-order valence-electron chi connectivity index (χ1n) is 9.58. The maximum atomic E-state index is 13.1. The Labute approximate surface area is 165 Å². The van der Waals surface area contributed by atoms with Crippen LogP contribution in [0.2, 0.25) is 0 Å². The number of para-hydroxylation sites is 1. The van der Waals surface area contributed by atoms with Gasteiger partial charge in [0.2, 0.25) is 11.8 Å². The van der Waals surface area contributed by atoms with Crippen LogP contribution in [0.3, 0.4) is 0 Å². The van der Waals surface area contributed by atoms with Crippen molar-refractivity contribution in [1.29, 1.82) is 0 Å². The lowest BCUT2D eigenvalue weighted by molar-refractivity contribution is -0.131. The number of rotatable bonds is 5. The van der Waals surface area contributed by atoms with Crippen molar-refractivity contribution in [2.45, 2.75) is 20.3 Å². The molecule has 1 heterocycles. The summed E-state index contributed by atoms with van der Waals surface area (Å²) in [4.78, 5) is 30.4. The molecule has 0 aromatic heterocycles. The van der Waals surface area contributed by atoms with Crippen molar-refractivity contribution >= 4 is 23.2 Å². The number of piperazine rings is 1. The average molecular weight is 383 g/mol. The van der Waals surface area contributed by atoms with Gasteiger partial charge in [0, 0.05) is 57.4 Å². The number of aryl methyl sites for hydroxylation is 1. The van der Waals surface area contributed by atoms with E-state index in [1.54, 1.807) is 17.0 Å². The minimum atomic E-state index is -0.249. The van der Waals surface area contributed by atoms with Crippen LogP contribution >= 0.6 is 0 Å². The summed E-state index contributed by atoms with van der Waals surface area (Å²) in [6, 6.07) is 14.1. The molecule has 28 heavy (non-hydrogen) atoms. The van der Waals surface area contributed by atoms with E-state index in [0.29, 0.717) is 39.1 Å². The van der Waals surface area contributed by atoms with Crippen LogP contribution in [-0.2, 0) is 9.59 Å². The van der Waals surface area contributed by atoms with Gasteiger partial charge in [0.15, 0.2) is 0 Å². The number of carbonyl (C=O) groups is 2. The number of amides is 2. The number of anilines is 2. The number of nitrogens with zero attached hydrogens (tertiary/aromatic N) is 3. The molecule has 0 spiro atoms. The normalized spacial score (nSPS) is 14.1. The van der Waals surface area contributed by atoms with Crippen LogP contribution in [0, 0.1) is 12.7 Å². The second-order valence-corrected chi connectivity index (χ2v) is 7.05. The highest BCUT2D eigenvalue weighted by molar-refractivity contribution is 5.93. The Hall–Kier alpha value is -2.89. The first-order valence-corrected chi connectivity index (χ1v) is 9.58. The Morgan fingerprint density at radius 3 is 2.25 bits per heavy atom. The van der Waals surface area contributed by atoms with E-state index >= 15 is 0 Å². The van der Waals surface area contributed by atoms with E-state index < -0.39 is 0 Å². The zero-order valence-corrected chi connectivity index (χ0v) is 16.4. The third kappa shape index (κ3) is 4.68. The molecule has 148 valence electrons. The van der Waals surface area contributed by atoms with Crippen LogP contribution < -0.4 is 9.80 Å². The third-order valence-corrected chi connectivity index (χ3v) is 5.16. The van der Waals surface area contributed by atoms with Gasteiger partial charge in [-0.1, -0.05) is 18.2 Å².